The molecule has 18 heavy (non-hydrogen) atoms. The molecule has 4 nitrogen and oxygen atoms in total. The fourth-order valence-electron chi connectivity index (χ4n) is 1.64. The molecule has 1 heterocycles. The Morgan fingerprint density at radius 1 is 1.06 bits per heavy atom. The molecular formula is C13H12BN2O2+. The summed E-state index contributed by atoms with van der Waals surface area (Å²) < 4.78 is 1.96. The van der Waals surface area contributed by atoms with E-state index in [1.807, 2.05) is 29.1 Å². The van der Waals surface area contributed by atoms with Crippen LogP contribution in [0.2, 0.25) is 0 Å². The van der Waals surface area contributed by atoms with Gasteiger partial charge in [-0.2, -0.15) is 0 Å². The minimum absolute atomic E-state index is 0.479. The Bertz CT molecular complexity index is 559. The summed E-state index contributed by atoms with van der Waals surface area (Å²) in [5.41, 5.74) is 2.15. The van der Waals surface area contributed by atoms with Crippen molar-refractivity contribution in [3.63, 3.8) is 0 Å². The minimum Gasteiger partial charge on any atom is -0.423 e. The van der Waals surface area contributed by atoms with E-state index in [0.29, 0.717) is 17.7 Å². The molecule has 1 aromatic carbocycles. The van der Waals surface area contributed by atoms with Gasteiger partial charge in [-0.05, 0) is 5.46 Å². The molecule has 88 valence electrons. The quantitative estimate of drug-likeness (QED) is 0.350. The van der Waals surface area contributed by atoms with Crippen LogP contribution >= 0.6 is 0 Å². The number of pyridine rings is 1. The van der Waals surface area contributed by atoms with Gasteiger partial charge in [-0.1, -0.05) is 24.3 Å². The van der Waals surface area contributed by atoms with Gasteiger partial charge in [0.2, 0.25) is 0 Å². The number of hydrogen-bond donors (Lipinski definition) is 2. The highest BCUT2D eigenvalue weighted by Crippen LogP contribution is 2.06. The van der Waals surface area contributed by atoms with E-state index in [-0.39, 0.29) is 0 Å². The molecule has 0 saturated heterocycles. The van der Waals surface area contributed by atoms with Gasteiger partial charge in [0, 0.05) is 17.7 Å². The van der Waals surface area contributed by atoms with Crippen molar-refractivity contribution in [2.24, 2.45) is 0 Å². The summed E-state index contributed by atoms with van der Waals surface area (Å²) in [4.78, 5) is 3.33. The molecule has 0 saturated carbocycles. The van der Waals surface area contributed by atoms with Gasteiger partial charge < -0.3 is 10.0 Å². The first kappa shape index (κ1) is 12.3. The molecule has 0 aliphatic heterocycles. The van der Waals surface area contributed by atoms with Gasteiger partial charge in [0.1, 0.15) is 0 Å². The monoisotopic (exact) mass is 240 g/mol. The Balaban J connectivity index is 2.11. The van der Waals surface area contributed by atoms with E-state index in [1.165, 1.54) is 0 Å². The van der Waals surface area contributed by atoms with Gasteiger partial charge in [-0.15, -0.1) is 0 Å². The Kier molecular flexibility index (Phi) is 3.73. The number of nitrogens with zero attached hydrogens (tertiary/aromatic N) is 2. The Hall–Kier alpha value is -2.16. The third-order valence-electron chi connectivity index (χ3n) is 2.65. The summed E-state index contributed by atoms with van der Waals surface area (Å²) in [6, 6.07) is 10.6. The van der Waals surface area contributed by atoms with Crippen LogP contribution in [0.5, 0.6) is 0 Å². The summed E-state index contributed by atoms with van der Waals surface area (Å²) in [5.74, 6) is 0. The van der Waals surface area contributed by atoms with Crippen LogP contribution in [0.25, 0.3) is 4.85 Å². The minimum atomic E-state index is -1.43. The Morgan fingerprint density at radius 3 is 2.17 bits per heavy atom. The lowest BCUT2D eigenvalue weighted by Crippen LogP contribution is -2.33. The van der Waals surface area contributed by atoms with Crippen molar-refractivity contribution in [2.45, 2.75) is 6.54 Å². The maximum atomic E-state index is 8.98. The van der Waals surface area contributed by atoms with Crippen molar-refractivity contribution < 1.29 is 14.6 Å². The second-order valence-electron chi connectivity index (χ2n) is 3.96. The first-order chi connectivity index (χ1) is 8.69. The molecule has 0 radical (unpaired) electrons. The van der Waals surface area contributed by atoms with E-state index in [0.717, 1.165) is 5.56 Å². The van der Waals surface area contributed by atoms with E-state index in [9.17, 15) is 0 Å². The van der Waals surface area contributed by atoms with E-state index in [2.05, 4.69) is 4.85 Å². The molecule has 0 aliphatic carbocycles. The predicted molar refractivity (Wildman–Crippen MR) is 68.3 cm³/mol. The van der Waals surface area contributed by atoms with Gasteiger partial charge in [0.05, 0.1) is 6.57 Å². The van der Waals surface area contributed by atoms with E-state index in [4.69, 9.17) is 16.6 Å². The predicted octanol–water partition coefficient (Wildman–Crippen LogP) is 0.253. The molecular weight excluding hydrogens is 228 g/mol. The van der Waals surface area contributed by atoms with Crippen LogP contribution in [0.4, 0.5) is 5.69 Å². The molecule has 2 rings (SSSR count). The number of benzene rings is 1. The molecule has 5 heteroatoms. The summed E-state index contributed by atoms with van der Waals surface area (Å²) in [7, 11) is -1.43. The van der Waals surface area contributed by atoms with Crippen LogP contribution < -0.4 is 10.0 Å². The van der Waals surface area contributed by atoms with Crippen LogP contribution in [0.1, 0.15) is 5.56 Å². The van der Waals surface area contributed by atoms with Crippen LogP contribution in [0, 0.1) is 6.57 Å². The molecule has 0 aliphatic rings. The molecule has 0 unspecified atom stereocenters. The lowest BCUT2D eigenvalue weighted by Gasteiger charge is -2.01. The molecule has 2 aromatic rings. The largest absolute Gasteiger partial charge is 0.488 e. The average Bonchev–Trinajstić information content (AvgIpc) is 2.40. The normalized spacial score (nSPS) is 9.83. The van der Waals surface area contributed by atoms with E-state index in [1.54, 1.807) is 24.3 Å². The van der Waals surface area contributed by atoms with Gasteiger partial charge in [0.25, 0.3) is 0 Å². The molecule has 2 N–H and O–H groups in total. The number of aromatic nitrogens is 1. The number of hydrogen-bond acceptors (Lipinski definition) is 2. The molecule has 0 fully saturated rings. The fourth-order valence-corrected chi connectivity index (χ4v) is 1.64. The zero-order chi connectivity index (χ0) is 13.0. The summed E-state index contributed by atoms with van der Waals surface area (Å²) in [5, 5.41) is 18.0. The SMILES string of the molecule is [C-]#[15N+]c1cc[n+](Cc2ccc(B(O)O)cc2)cc1. The third-order valence-corrected chi connectivity index (χ3v) is 2.65. The zero-order valence-electron chi connectivity index (χ0n) is 9.69. The maximum Gasteiger partial charge on any atom is 0.488 e. The van der Waals surface area contributed by atoms with Crippen LogP contribution in [-0.4, -0.2) is 17.2 Å². The van der Waals surface area contributed by atoms with Crippen molar-refractivity contribution >= 4 is 18.3 Å². The van der Waals surface area contributed by atoms with Gasteiger partial charge in [-0.25, -0.2) is 9.41 Å². The van der Waals surface area contributed by atoms with Crippen molar-refractivity contribution in [2.75, 3.05) is 0 Å². The second-order valence-corrected chi connectivity index (χ2v) is 3.96. The summed E-state index contributed by atoms with van der Waals surface area (Å²) in [6.07, 6.45) is 3.70. The van der Waals surface area contributed by atoms with Crippen molar-refractivity contribution in [1.29, 1.82) is 0 Å². The maximum absolute atomic E-state index is 8.98. The van der Waals surface area contributed by atoms with Crippen molar-refractivity contribution in [3.05, 3.63) is 65.8 Å². The second kappa shape index (κ2) is 5.45. The Labute approximate surface area is 106 Å². The third kappa shape index (κ3) is 2.95. The Morgan fingerprint density at radius 2 is 1.67 bits per heavy atom. The van der Waals surface area contributed by atoms with Crippen LogP contribution in [-0.2, 0) is 6.54 Å². The molecule has 0 atom stereocenters. The van der Waals surface area contributed by atoms with Gasteiger partial charge in [-0.3, -0.25) is 0 Å². The zero-order valence-corrected chi connectivity index (χ0v) is 9.69. The molecule has 0 amide bonds. The highest BCUT2D eigenvalue weighted by Gasteiger charge is 2.10. The first-order valence-electron chi connectivity index (χ1n) is 5.50. The first-order valence-corrected chi connectivity index (χ1v) is 5.50. The smallest absolute Gasteiger partial charge is 0.423 e. The molecule has 1 aromatic heterocycles. The average molecular weight is 240 g/mol. The van der Waals surface area contributed by atoms with Crippen LogP contribution in [0.15, 0.2) is 48.8 Å². The summed E-state index contributed by atoms with van der Waals surface area (Å²) >= 11 is 0. The lowest BCUT2D eigenvalue weighted by atomic mass is 9.80. The van der Waals surface area contributed by atoms with E-state index < -0.39 is 7.12 Å². The summed E-state index contributed by atoms with van der Waals surface area (Å²) in [6.45, 7) is 7.55. The van der Waals surface area contributed by atoms with Gasteiger partial charge >= 0.3 is 7.12 Å². The highest BCUT2D eigenvalue weighted by molar-refractivity contribution is 6.58. The molecule has 0 spiro atoms. The topological polar surface area (TPSA) is 48.7 Å². The van der Waals surface area contributed by atoms with E-state index >= 15 is 0 Å². The highest BCUT2D eigenvalue weighted by atomic mass is 16.4. The van der Waals surface area contributed by atoms with Crippen molar-refractivity contribution in [1.82, 2.24) is 0 Å². The van der Waals surface area contributed by atoms with Crippen LogP contribution in [0.3, 0.4) is 0 Å². The fraction of sp³-hybridized carbons (Fsp3) is 0.0769. The van der Waals surface area contributed by atoms with Crippen molar-refractivity contribution in [3.8, 4) is 0 Å². The molecule has 0 bridgehead atoms. The van der Waals surface area contributed by atoms with Gasteiger partial charge in [0.15, 0.2) is 24.6 Å². The standard InChI is InChI=1S/C13H12BN2O2/c1-15-13-6-8-16(9-7-13)10-11-2-4-12(5-3-11)14(17)18/h2-9,17-18H,10H2/q+1/i15+1. The lowest BCUT2D eigenvalue weighted by molar-refractivity contribution is -0.688. The number of rotatable bonds is 3.